The van der Waals surface area contributed by atoms with E-state index in [0.717, 1.165) is 16.7 Å². The molecule has 0 bridgehead atoms. The van der Waals surface area contributed by atoms with Crippen molar-refractivity contribution in [3.05, 3.63) is 46.5 Å². The molecule has 0 saturated carbocycles. The van der Waals surface area contributed by atoms with Gasteiger partial charge in [-0.15, -0.1) is 0 Å². The van der Waals surface area contributed by atoms with Gasteiger partial charge in [-0.3, -0.25) is 5.43 Å². The topological polar surface area (TPSA) is 111 Å². The van der Waals surface area contributed by atoms with Crippen LogP contribution in [0.2, 0.25) is 0 Å². The molecule has 0 radical (unpaired) electrons. The minimum Gasteiger partial charge on any atom is -0.476 e. The van der Waals surface area contributed by atoms with Crippen molar-refractivity contribution in [3.8, 4) is 0 Å². The van der Waals surface area contributed by atoms with Crippen LogP contribution in [0.4, 0.5) is 0 Å². The lowest BCUT2D eigenvalue weighted by atomic mass is 10.1. The molecule has 0 aliphatic heterocycles. The Bertz CT molecular complexity index is 483. The first-order valence-electron chi connectivity index (χ1n) is 5.34. The lowest BCUT2D eigenvalue weighted by Crippen LogP contribution is -2.29. The van der Waals surface area contributed by atoms with Gasteiger partial charge in [-0.25, -0.2) is 10.6 Å². The van der Waals surface area contributed by atoms with Gasteiger partial charge >= 0.3 is 5.97 Å². The van der Waals surface area contributed by atoms with Crippen molar-refractivity contribution in [1.29, 1.82) is 0 Å². The molecule has 1 rings (SSSR count). The van der Waals surface area contributed by atoms with Gasteiger partial charge in [0.15, 0.2) is 5.70 Å². The zero-order valence-electron chi connectivity index (χ0n) is 10.4. The van der Waals surface area contributed by atoms with Crippen molar-refractivity contribution in [2.45, 2.75) is 20.5 Å². The number of aryl methyl sites for hydroxylation is 2. The lowest BCUT2D eigenvalue weighted by molar-refractivity contribution is -0.133. The molecular weight excluding hydrogens is 234 g/mol. The van der Waals surface area contributed by atoms with E-state index in [1.807, 2.05) is 32.0 Å². The summed E-state index contributed by atoms with van der Waals surface area (Å²) in [5.74, 6) is 3.72. The highest BCUT2D eigenvalue weighted by Crippen LogP contribution is 2.13. The van der Waals surface area contributed by atoms with Crippen LogP contribution in [0.5, 0.6) is 0 Å². The van der Waals surface area contributed by atoms with E-state index in [0.29, 0.717) is 0 Å². The molecule has 0 atom stereocenters. The number of hydrogen-bond donors (Lipinski definition) is 4. The van der Waals surface area contributed by atoms with Crippen molar-refractivity contribution >= 4 is 5.97 Å². The predicted molar refractivity (Wildman–Crippen MR) is 66.9 cm³/mol. The maximum Gasteiger partial charge on any atom is 0.357 e. The molecule has 98 valence electrons. The highest BCUT2D eigenvalue weighted by Gasteiger charge is 2.11. The van der Waals surface area contributed by atoms with E-state index < -0.39 is 11.7 Å². The number of nitrogens with two attached hydrogens (primary N) is 2. The maximum absolute atomic E-state index is 10.7. The van der Waals surface area contributed by atoms with Gasteiger partial charge in [-0.2, -0.15) is 0 Å². The van der Waals surface area contributed by atoms with Crippen LogP contribution in [0.1, 0.15) is 16.7 Å². The Morgan fingerprint density at radius 1 is 1.44 bits per heavy atom. The van der Waals surface area contributed by atoms with E-state index in [9.17, 15) is 4.79 Å². The van der Waals surface area contributed by atoms with Crippen LogP contribution in [0.15, 0.2) is 29.8 Å². The lowest BCUT2D eigenvalue weighted by Gasteiger charge is -2.12. The number of benzene rings is 1. The molecule has 6 N–H and O–H groups in total. The third kappa shape index (κ3) is 3.39. The molecule has 0 aliphatic rings. The normalized spacial score (nSPS) is 11.7. The molecule has 0 saturated heterocycles. The molecule has 18 heavy (non-hydrogen) atoms. The summed E-state index contributed by atoms with van der Waals surface area (Å²) in [5.41, 5.74) is 10.1. The Balaban J connectivity index is 2.81. The zero-order valence-corrected chi connectivity index (χ0v) is 10.4. The quantitative estimate of drug-likeness (QED) is 0.262. The summed E-state index contributed by atoms with van der Waals surface area (Å²) in [5, 5.41) is 8.71. The highest BCUT2D eigenvalue weighted by molar-refractivity contribution is 5.85. The fourth-order valence-electron chi connectivity index (χ4n) is 1.45. The smallest absolute Gasteiger partial charge is 0.357 e. The molecule has 0 heterocycles. The molecule has 0 fully saturated rings. The third-order valence-electron chi connectivity index (χ3n) is 2.48. The SMILES string of the molecule is Cc1ccc(CO/C(NN)=C(/N)C(=O)O)c(C)c1. The summed E-state index contributed by atoms with van der Waals surface area (Å²) >= 11 is 0. The van der Waals surface area contributed by atoms with Crippen LogP contribution < -0.4 is 17.0 Å². The third-order valence-corrected chi connectivity index (χ3v) is 2.48. The molecule has 6 nitrogen and oxygen atoms in total. The molecule has 0 spiro atoms. The van der Waals surface area contributed by atoms with Crippen molar-refractivity contribution in [1.82, 2.24) is 5.43 Å². The first-order chi connectivity index (χ1) is 8.45. The summed E-state index contributed by atoms with van der Waals surface area (Å²) in [6.45, 7) is 4.14. The van der Waals surface area contributed by atoms with Gasteiger partial charge in [-0.05, 0) is 25.0 Å². The first-order valence-corrected chi connectivity index (χ1v) is 5.34. The predicted octanol–water partition coefficient (Wildman–Crippen LogP) is 0.496. The summed E-state index contributed by atoms with van der Waals surface area (Å²) in [6.07, 6.45) is 0. The van der Waals surface area contributed by atoms with Gasteiger partial charge in [0.05, 0.1) is 0 Å². The van der Waals surface area contributed by atoms with E-state index in [1.165, 1.54) is 0 Å². The summed E-state index contributed by atoms with van der Waals surface area (Å²) in [6, 6.07) is 5.87. The van der Waals surface area contributed by atoms with E-state index in [1.54, 1.807) is 0 Å². The van der Waals surface area contributed by atoms with E-state index in [4.69, 9.17) is 21.4 Å². The zero-order chi connectivity index (χ0) is 13.7. The Labute approximate surface area is 105 Å². The summed E-state index contributed by atoms with van der Waals surface area (Å²) < 4.78 is 5.26. The number of rotatable bonds is 5. The standard InChI is InChI=1S/C12H17N3O3/c1-7-3-4-9(8(2)5-7)6-18-11(15-14)10(13)12(16)17/h3-5,15H,6,13-14H2,1-2H3,(H,16,17)/b11-10+. The molecule has 6 heteroatoms. The van der Waals surface area contributed by atoms with Crippen LogP contribution >= 0.6 is 0 Å². The monoisotopic (exact) mass is 251 g/mol. The molecule has 0 aromatic heterocycles. The van der Waals surface area contributed by atoms with Gasteiger partial charge in [0, 0.05) is 0 Å². The second-order valence-corrected chi connectivity index (χ2v) is 3.91. The molecule has 1 aromatic rings. The summed E-state index contributed by atoms with van der Waals surface area (Å²) in [7, 11) is 0. The van der Waals surface area contributed by atoms with Crippen LogP contribution in [-0.2, 0) is 16.1 Å². The maximum atomic E-state index is 10.7. The Morgan fingerprint density at radius 2 is 2.11 bits per heavy atom. The second-order valence-electron chi connectivity index (χ2n) is 3.91. The fourth-order valence-corrected chi connectivity index (χ4v) is 1.45. The minimum atomic E-state index is -1.29. The molecule has 0 unspecified atom stereocenters. The van der Waals surface area contributed by atoms with Gasteiger partial charge in [-0.1, -0.05) is 23.8 Å². The molecule has 0 aliphatic carbocycles. The Kier molecular flexibility index (Phi) is 4.56. The molecule has 0 amide bonds. The van der Waals surface area contributed by atoms with Crippen LogP contribution in [0.3, 0.4) is 0 Å². The molecular formula is C12H17N3O3. The Morgan fingerprint density at radius 3 is 2.61 bits per heavy atom. The van der Waals surface area contributed by atoms with E-state index in [-0.39, 0.29) is 12.5 Å². The number of nitrogens with one attached hydrogen (secondary N) is 1. The number of carboxylic acid groups (broad SMARTS) is 1. The summed E-state index contributed by atoms with van der Waals surface area (Å²) in [4.78, 5) is 10.7. The van der Waals surface area contributed by atoms with Crippen molar-refractivity contribution in [2.24, 2.45) is 11.6 Å². The van der Waals surface area contributed by atoms with Crippen molar-refractivity contribution < 1.29 is 14.6 Å². The van der Waals surface area contributed by atoms with Gasteiger partial charge in [0.25, 0.3) is 0 Å². The van der Waals surface area contributed by atoms with Crippen LogP contribution in [-0.4, -0.2) is 11.1 Å². The van der Waals surface area contributed by atoms with Crippen LogP contribution in [0.25, 0.3) is 0 Å². The van der Waals surface area contributed by atoms with Crippen molar-refractivity contribution in [3.63, 3.8) is 0 Å². The largest absolute Gasteiger partial charge is 0.476 e. The number of ether oxygens (including phenoxy) is 1. The number of hydrogen-bond acceptors (Lipinski definition) is 5. The van der Waals surface area contributed by atoms with E-state index in [2.05, 4.69) is 5.43 Å². The average Bonchev–Trinajstić information content (AvgIpc) is 2.31. The van der Waals surface area contributed by atoms with Crippen LogP contribution in [0, 0.1) is 13.8 Å². The number of aliphatic carboxylic acids is 1. The number of carbonyl (C=O) groups is 1. The fraction of sp³-hybridized carbons (Fsp3) is 0.250. The highest BCUT2D eigenvalue weighted by atomic mass is 16.5. The van der Waals surface area contributed by atoms with Gasteiger partial charge in [0.2, 0.25) is 5.88 Å². The average molecular weight is 251 g/mol. The van der Waals surface area contributed by atoms with E-state index >= 15 is 0 Å². The Hall–Kier alpha value is -2.21. The number of carboxylic acids is 1. The van der Waals surface area contributed by atoms with Gasteiger partial charge in [0.1, 0.15) is 6.61 Å². The number of hydrazine groups is 1. The van der Waals surface area contributed by atoms with Gasteiger partial charge < -0.3 is 15.6 Å². The molecule has 1 aromatic carbocycles. The second kappa shape index (κ2) is 5.92. The first kappa shape index (κ1) is 13.9. The van der Waals surface area contributed by atoms with Crippen molar-refractivity contribution in [2.75, 3.05) is 0 Å². The minimum absolute atomic E-state index is 0.150.